The van der Waals surface area contributed by atoms with Crippen LogP contribution in [0, 0.1) is 11.3 Å². The van der Waals surface area contributed by atoms with Gasteiger partial charge in [0.1, 0.15) is 11.5 Å². The van der Waals surface area contributed by atoms with Gasteiger partial charge in [-0.15, -0.1) is 0 Å². The Kier molecular flexibility index (Phi) is 4.06. The van der Waals surface area contributed by atoms with E-state index in [1.54, 1.807) is 24.3 Å². The summed E-state index contributed by atoms with van der Waals surface area (Å²) in [5.74, 6) is 0.813. The van der Waals surface area contributed by atoms with Crippen molar-refractivity contribution in [2.24, 2.45) is 0 Å². The standard InChI is InChI=1S/C15H14N2O3/c1-3-13-11(6-7-20-13)15(18)17-12-5-4-10(9-16)8-14(12)19-2/h4-8H,3H2,1-2H3,(H,17,18). The minimum atomic E-state index is -0.265. The van der Waals surface area contributed by atoms with Crippen molar-refractivity contribution in [3.8, 4) is 11.8 Å². The van der Waals surface area contributed by atoms with Gasteiger partial charge in [-0.1, -0.05) is 6.92 Å². The average molecular weight is 270 g/mol. The number of furan rings is 1. The van der Waals surface area contributed by atoms with Crippen molar-refractivity contribution in [2.75, 3.05) is 12.4 Å². The number of amides is 1. The highest BCUT2D eigenvalue weighted by molar-refractivity contribution is 6.05. The minimum Gasteiger partial charge on any atom is -0.495 e. The highest BCUT2D eigenvalue weighted by atomic mass is 16.5. The van der Waals surface area contributed by atoms with Crippen molar-refractivity contribution < 1.29 is 13.9 Å². The van der Waals surface area contributed by atoms with Crippen molar-refractivity contribution in [2.45, 2.75) is 13.3 Å². The zero-order chi connectivity index (χ0) is 14.5. The van der Waals surface area contributed by atoms with Gasteiger partial charge in [-0.2, -0.15) is 5.26 Å². The first-order valence-electron chi connectivity index (χ1n) is 6.15. The molecule has 20 heavy (non-hydrogen) atoms. The van der Waals surface area contributed by atoms with Crippen molar-refractivity contribution in [3.05, 3.63) is 47.4 Å². The zero-order valence-electron chi connectivity index (χ0n) is 11.3. The molecule has 1 aromatic heterocycles. The van der Waals surface area contributed by atoms with E-state index < -0.39 is 0 Å². The average Bonchev–Trinajstić information content (AvgIpc) is 2.96. The van der Waals surface area contributed by atoms with Crippen LogP contribution in [0.5, 0.6) is 5.75 Å². The third-order valence-corrected chi connectivity index (χ3v) is 2.89. The summed E-state index contributed by atoms with van der Waals surface area (Å²) in [6.07, 6.45) is 2.13. The van der Waals surface area contributed by atoms with Crippen LogP contribution in [-0.2, 0) is 6.42 Å². The Morgan fingerprint density at radius 1 is 1.45 bits per heavy atom. The summed E-state index contributed by atoms with van der Waals surface area (Å²) in [5.41, 5.74) is 1.48. The lowest BCUT2D eigenvalue weighted by Gasteiger charge is -2.10. The maximum absolute atomic E-state index is 12.2. The second-order valence-electron chi connectivity index (χ2n) is 4.09. The molecule has 0 spiro atoms. The fourth-order valence-corrected chi connectivity index (χ4v) is 1.87. The van der Waals surface area contributed by atoms with Crippen LogP contribution in [0.25, 0.3) is 0 Å². The predicted molar refractivity (Wildman–Crippen MR) is 73.7 cm³/mol. The molecule has 0 aliphatic heterocycles. The van der Waals surface area contributed by atoms with Gasteiger partial charge < -0.3 is 14.5 Å². The SMILES string of the molecule is CCc1occc1C(=O)Nc1ccc(C#N)cc1OC. The minimum absolute atomic E-state index is 0.265. The van der Waals surface area contributed by atoms with Crippen LogP contribution in [0.4, 0.5) is 5.69 Å². The van der Waals surface area contributed by atoms with Gasteiger partial charge in [0.25, 0.3) is 5.91 Å². The molecule has 2 rings (SSSR count). The number of nitrogens with zero attached hydrogens (tertiary/aromatic N) is 1. The molecule has 0 saturated carbocycles. The van der Waals surface area contributed by atoms with Gasteiger partial charge in [-0.05, 0) is 18.2 Å². The summed E-state index contributed by atoms with van der Waals surface area (Å²) in [6, 6.07) is 8.48. The Hall–Kier alpha value is -2.74. The maximum Gasteiger partial charge on any atom is 0.259 e. The number of nitriles is 1. The van der Waals surface area contributed by atoms with E-state index in [2.05, 4.69) is 5.32 Å². The molecule has 0 bridgehead atoms. The van der Waals surface area contributed by atoms with E-state index in [0.717, 1.165) is 0 Å². The Balaban J connectivity index is 2.26. The van der Waals surface area contributed by atoms with Crippen molar-refractivity contribution >= 4 is 11.6 Å². The van der Waals surface area contributed by atoms with Gasteiger partial charge in [-0.25, -0.2) is 0 Å². The number of carbonyl (C=O) groups is 1. The molecule has 102 valence electrons. The van der Waals surface area contributed by atoms with E-state index in [9.17, 15) is 4.79 Å². The molecule has 1 aromatic carbocycles. The van der Waals surface area contributed by atoms with E-state index in [0.29, 0.717) is 34.7 Å². The number of benzene rings is 1. The summed E-state index contributed by atoms with van der Waals surface area (Å²) in [4.78, 5) is 12.2. The van der Waals surface area contributed by atoms with Crippen LogP contribution in [0.1, 0.15) is 28.6 Å². The smallest absolute Gasteiger partial charge is 0.259 e. The van der Waals surface area contributed by atoms with Crippen LogP contribution in [0.3, 0.4) is 0 Å². The number of ether oxygens (including phenoxy) is 1. The summed E-state index contributed by atoms with van der Waals surface area (Å²) in [6.45, 7) is 1.91. The molecule has 0 unspecified atom stereocenters. The molecule has 0 aliphatic rings. The number of methoxy groups -OCH3 is 1. The Labute approximate surface area is 116 Å². The molecular formula is C15H14N2O3. The Morgan fingerprint density at radius 2 is 2.25 bits per heavy atom. The van der Waals surface area contributed by atoms with Crippen LogP contribution >= 0.6 is 0 Å². The van der Waals surface area contributed by atoms with Crippen molar-refractivity contribution in [1.82, 2.24) is 0 Å². The maximum atomic E-state index is 12.2. The van der Waals surface area contributed by atoms with Crippen LogP contribution in [-0.4, -0.2) is 13.0 Å². The largest absolute Gasteiger partial charge is 0.495 e. The molecular weight excluding hydrogens is 256 g/mol. The molecule has 5 heteroatoms. The van der Waals surface area contributed by atoms with Crippen LogP contribution < -0.4 is 10.1 Å². The van der Waals surface area contributed by atoms with Gasteiger partial charge in [0.15, 0.2) is 0 Å². The number of hydrogen-bond donors (Lipinski definition) is 1. The molecule has 0 aliphatic carbocycles. The number of carbonyl (C=O) groups excluding carboxylic acids is 1. The van der Waals surface area contributed by atoms with E-state index in [4.69, 9.17) is 14.4 Å². The highest BCUT2D eigenvalue weighted by Gasteiger charge is 2.15. The third-order valence-electron chi connectivity index (χ3n) is 2.89. The molecule has 1 heterocycles. The molecule has 5 nitrogen and oxygen atoms in total. The predicted octanol–water partition coefficient (Wildman–Crippen LogP) is 2.97. The topological polar surface area (TPSA) is 75.3 Å². The summed E-state index contributed by atoms with van der Waals surface area (Å²) in [7, 11) is 1.49. The summed E-state index contributed by atoms with van der Waals surface area (Å²) in [5, 5.41) is 11.6. The normalized spacial score (nSPS) is 9.85. The highest BCUT2D eigenvalue weighted by Crippen LogP contribution is 2.26. The van der Waals surface area contributed by atoms with E-state index >= 15 is 0 Å². The first-order valence-corrected chi connectivity index (χ1v) is 6.15. The number of rotatable bonds is 4. The van der Waals surface area contributed by atoms with E-state index in [1.807, 2.05) is 13.0 Å². The monoisotopic (exact) mass is 270 g/mol. The van der Waals surface area contributed by atoms with Crippen molar-refractivity contribution in [3.63, 3.8) is 0 Å². The molecule has 0 saturated heterocycles. The molecule has 0 atom stereocenters. The summed E-state index contributed by atoms with van der Waals surface area (Å²) < 4.78 is 10.4. The first kappa shape index (κ1) is 13.7. The summed E-state index contributed by atoms with van der Waals surface area (Å²) >= 11 is 0. The quantitative estimate of drug-likeness (QED) is 0.926. The second kappa shape index (κ2) is 5.93. The lowest BCUT2D eigenvalue weighted by Crippen LogP contribution is -2.13. The number of hydrogen-bond acceptors (Lipinski definition) is 4. The molecule has 2 aromatic rings. The van der Waals surface area contributed by atoms with Gasteiger partial charge in [0, 0.05) is 12.5 Å². The lowest BCUT2D eigenvalue weighted by molar-refractivity contribution is 0.102. The van der Waals surface area contributed by atoms with Crippen molar-refractivity contribution in [1.29, 1.82) is 5.26 Å². The van der Waals surface area contributed by atoms with Crippen LogP contribution in [0.2, 0.25) is 0 Å². The molecule has 0 fully saturated rings. The second-order valence-corrected chi connectivity index (χ2v) is 4.09. The van der Waals surface area contributed by atoms with Gasteiger partial charge in [0.05, 0.1) is 36.3 Å². The van der Waals surface area contributed by atoms with E-state index in [1.165, 1.54) is 13.4 Å². The lowest BCUT2D eigenvalue weighted by atomic mass is 10.1. The number of aryl methyl sites for hydroxylation is 1. The molecule has 0 radical (unpaired) electrons. The number of nitrogens with one attached hydrogen (secondary N) is 1. The molecule has 1 N–H and O–H groups in total. The van der Waals surface area contributed by atoms with Crippen LogP contribution in [0.15, 0.2) is 34.9 Å². The third kappa shape index (κ3) is 2.64. The number of anilines is 1. The fraction of sp³-hybridized carbons (Fsp3) is 0.200. The Bertz CT molecular complexity index is 668. The van der Waals surface area contributed by atoms with E-state index in [-0.39, 0.29) is 5.91 Å². The van der Waals surface area contributed by atoms with Gasteiger partial charge in [-0.3, -0.25) is 4.79 Å². The Morgan fingerprint density at radius 3 is 2.90 bits per heavy atom. The zero-order valence-corrected chi connectivity index (χ0v) is 11.3. The fourth-order valence-electron chi connectivity index (χ4n) is 1.87. The first-order chi connectivity index (χ1) is 9.69. The van der Waals surface area contributed by atoms with Gasteiger partial charge in [0.2, 0.25) is 0 Å². The molecule has 1 amide bonds. The van der Waals surface area contributed by atoms with Gasteiger partial charge >= 0.3 is 0 Å².